The van der Waals surface area contributed by atoms with Crippen LogP contribution in [0.1, 0.15) is 11.5 Å². The summed E-state index contributed by atoms with van der Waals surface area (Å²) in [4.78, 5) is 24.7. The Labute approximate surface area is 95.5 Å². The van der Waals surface area contributed by atoms with Gasteiger partial charge in [0, 0.05) is 12.6 Å². The predicted molar refractivity (Wildman–Crippen MR) is 57.9 cm³/mol. The molecule has 17 heavy (non-hydrogen) atoms. The molecule has 0 aliphatic heterocycles. The first kappa shape index (κ1) is 11.1. The van der Waals surface area contributed by atoms with Crippen LogP contribution in [0.2, 0.25) is 0 Å². The van der Waals surface area contributed by atoms with E-state index in [1.165, 1.54) is 4.40 Å². The highest BCUT2D eigenvalue weighted by Crippen LogP contribution is 2.21. The highest BCUT2D eigenvalue weighted by Gasteiger charge is 2.21. The fraction of sp³-hybridized carbons (Fsp3) is 0.200. The van der Waals surface area contributed by atoms with Crippen molar-refractivity contribution in [1.82, 2.24) is 9.38 Å². The molecule has 0 unspecified atom stereocenters. The molecule has 2 aromatic heterocycles. The number of pyridine rings is 1. The summed E-state index contributed by atoms with van der Waals surface area (Å²) < 4.78 is 1.49. The van der Waals surface area contributed by atoms with Crippen LogP contribution in [0.4, 0.5) is 5.82 Å². The van der Waals surface area contributed by atoms with E-state index in [2.05, 4.69) is 4.98 Å². The second kappa shape index (κ2) is 3.85. The maximum atomic E-state index is 10.8. The predicted octanol–water partition coefficient (Wildman–Crippen LogP) is 1.18. The lowest BCUT2D eigenvalue weighted by Gasteiger charge is -2.02. The number of fused-ring (bicyclic) bond motifs is 1. The van der Waals surface area contributed by atoms with Gasteiger partial charge in [-0.25, -0.2) is 0 Å². The molecule has 0 radical (unpaired) electrons. The average Bonchev–Trinajstić information content (AvgIpc) is 2.56. The van der Waals surface area contributed by atoms with Crippen molar-refractivity contribution in [1.29, 1.82) is 0 Å². The van der Waals surface area contributed by atoms with E-state index in [1.54, 1.807) is 25.1 Å². The second-order valence-corrected chi connectivity index (χ2v) is 3.55. The van der Waals surface area contributed by atoms with Gasteiger partial charge in [0.05, 0.1) is 6.42 Å². The SMILES string of the molecule is Cc1nc([N+](=O)[O-])c2cccc(CC(=O)O)n12. The van der Waals surface area contributed by atoms with Gasteiger partial charge in [0.25, 0.3) is 0 Å². The molecule has 0 saturated carbocycles. The van der Waals surface area contributed by atoms with Crippen molar-refractivity contribution in [2.75, 3.05) is 0 Å². The zero-order chi connectivity index (χ0) is 12.6. The van der Waals surface area contributed by atoms with Crippen LogP contribution in [0, 0.1) is 17.0 Å². The van der Waals surface area contributed by atoms with Crippen LogP contribution in [-0.4, -0.2) is 25.4 Å². The molecular weight excluding hydrogens is 226 g/mol. The first-order valence-electron chi connectivity index (χ1n) is 4.84. The fourth-order valence-corrected chi connectivity index (χ4v) is 1.80. The molecular formula is C10H9N3O4. The smallest absolute Gasteiger partial charge is 0.389 e. The number of aromatic nitrogens is 2. The fourth-order valence-electron chi connectivity index (χ4n) is 1.80. The van der Waals surface area contributed by atoms with E-state index < -0.39 is 10.9 Å². The number of hydrogen-bond acceptors (Lipinski definition) is 4. The summed E-state index contributed by atoms with van der Waals surface area (Å²) in [7, 11) is 0. The molecule has 0 atom stereocenters. The van der Waals surface area contributed by atoms with E-state index in [9.17, 15) is 14.9 Å². The molecule has 2 heterocycles. The average molecular weight is 235 g/mol. The first-order valence-corrected chi connectivity index (χ1v) is 4.84. The molecule has 2 aromatic rings. The van der Waals surface area contributed by atoms with E-state index in [4.69, 9.17) is 5.11 Å². The lowest BCUT2D eigenvalue weighted by Crippen LogP contribution is -2.06. The van der Waals surface area contributed by atoms with Crippen molar-refractivity contribution < 1.29 is 14.8 Å². The van der Waals surface area contributed by atoms with Crippen LogP contribution in [-0.2, 0) is 11.2 Å². The summed E-state index contributed by atoms with van der Waals surface area (Å²) in [6.07, 6.45) is -0.203. The minimum atomic E-state index is -0.992. The standard InChI is InChI=1S/C10H9N3O4/c1-6-11-10(13(16)17)8-4-2-3-7(12(6)8)5-9(14)15/h2-4H,5H2,1H3,(H,14,15). The van der Waals surface area contributed by atoms with E-state index >= 15 is 0 Å². The van der Waals surface area contributed by atoms with E-state index in [0.717, 1.165) is 0 Å². The van der Waals surface area contributed by atoms with Crippen LogP contribution in [0.15, 0.2) is 18.2 Å². The highest BCUT2D eigenvalue weighted by molar-refractivity contribution is 5.71. The van der Waals surface area contributed by atoms with Crippen molar-refractivity contribution in [3.8, 4) is 0 Å². The molecule has 0 saturated heterocycles. The van der Waals surface area contributed by atoms with E-state index in [1.807, 2.05) is 0 Å². The Morgan fingerprint density at radius 2 is 2.29 bits per heavy atom. The Balaban J connectivity index is 2.72. The number of aryl methyl sites for hydroxylation is 1. The third kappa shape index (κ3) is 1.82. The number of rotatable bonds is 3. The Hall–Kier alpha value is -2.44. The zero-order valence-electron chi connectivity index (χ0n) is 8.95. The molecule has 0 bridgehead atoms. The quantitative estimate of drug-likeness (QED) is 0.636. The van der Waals surface area contributed by atoms with Gasteiger partial charge in [0.1, 0.15) is 5.52 Å². The van der Waals surface area contributed by atoms with Gasteiger partial charge in [0.15, 0.2) is 0 Å². The molecule has 0 amide bonds. The van der Waals surface area contributed by atoms with Gasteiger partial charge in [0.2, 0.25) is 5.82 Å². The maximum Gasteiger partial charge on any atom is 0.389 e. The summed E-state index contributed by atoms with van der Waals surface area (Å²) >= 11 is 0. The molecule has 0 spiro atoms. The largest absolute Gasteiger partial charge is 0.481 e. The van der Waals surface area contributed by atoms with Gasteiger partial charge in [-0.3, -0.25) is 9.20 Å². The zero-order valence-corrected chi connectivity index (χ0v) is 8.95. The van der Waals surface area contributed by atoms with Crippen LogP contribution in [0.5, 0.6) is 0 Å². The minimum absolute atomic E-state index is 0.203. The summed E-state index contributed by atoms with van der Waals surface area (Å²) in [5, 5.41) is 19.5. The van der Waals surface area contributed by atoms with E-state index in [-0.39, 0.29) is 12.2 Å². The van der Waals surface area contributed by atoms with Crippen LogP contribution >= 0.6 is 0 Å². The lowest BCUT2D eigenvalue weighted by molar-refractivity contribution is -0.387. The number of carbonyl (C=O) groups is 1. The molecule has 0 fully saturated rings. The van der Waals surface area contributed by atoms with Gasteiger partial charge in [-0.15, -0.1) is 0 Å². The number of hydrogen-bond donors (Lipinski definition) is 1. The molecule has 2 rings (SSSR count). The van der Waals surface area contributed by atoms with Gasteiger partial charge < -0.3 is 15.2 Å². The number of carboxylic acids is 1. The van der Waals surface area contributed by atoms with Crippen molar-refractivity contribution in [2.24, 2.45) is 0 Å². The normalized spacial score (nSPS) is 10.6. The van der Waals surface area contributed by atoms with Crippen molar-refractivity contribution in [2.45, 2.75) is 13.3 Å². The summed E-state index contributed by atoms with van der Waals surface area (Å²) in [6.45, 7) is 1.60. The van der Waals surface area contributed by atoms with Crippen molar-refractivity contribution in [3.05, 3.63) is 39.8 Å². The summed E-state index contributed by atoms with van der Waals surface area (Å²) in [5.41, 5.74) is 0.777. The Morgan fingerprint density at radius 1 is 1.59 bits per heavy atom. The van der Waals surface area contributed by atoms with Gasteiger partial charge in [-0.2, -0.15) is 0 Å². The minimum Gasteiger partial charge on any atom is -0.481 e. The third-order valence-corrected chi connectivity index (χ3v) is 2.40. The van der Waals surface area contributed by atoms with Gasteiger partial charge in [-0.05, 0) is 22.0 Å². The van der Waals surface area contributed by atoms with E-state index in [0.29, 0.717) is 17.0 Å². The third-order valence-electron chi connectivity index (χ3n) is 2.40. The molecule has 88 valence electrons. The number of nitrogens with zero attached hydrogens (tertiary/aromatic N) is 3. The summed E-state index contributed by atoms with van der Waals surface area (Å²) in [6, 6.07) is 4.74. The topological polar surface area (TPSA) is 97.7 Å². The highest BCUT2D eigenvalue weighted by atomic mass is 16.6. The van der Waals surface area contributed by atoms with Crippen LogP contribution in [0.25, 0.3) is 5.52 Å². The Kier molecular flexibility index (Phi) is 2.51. The number of aliphatic carboxylic acids is 1. The number of imidazole rings is 1. The van der Waals surface area contributed by atoms with Gasteiger partial charge >= 0.3 is 11.8 Å². The Bertz CT molecular complexity index is 617. The molecule has 7 nitrogen and oxygen atoms in total. The molecule has 0 aliphatic carbocycles. The van der Waals surface area contributed by atoms with Gasteiger partial charge in [-0.1, -0.05) is 6.07 Å². The monoisotopic (exact) mass is 235 g/mol. The molecule has 0 aliphatic rings. The maximum absolute atomic E-state index is 10.8. The van der Waals surface area contributed by atoms with Crippen molar-refractivity contribution in [3.63, 3.8) is 0 Å². The van der Waals surface area contributed by atoms with Crippen LogP contribution in [0.3, 0.4) is 0 Å². The number of nitro groups is 1. The Morgan fingerprint density at radius 3 is 2.88 bits per heavy atom. The molecule has 1 N–H and O–H groups in total. The summed E-state index contributed by atoms with van der Waals surface area (Å²) in [5.74, 6) is -0.841. The second-order valence-electron chi connectivity index (χ2n) is 3.55. The first-order chi connectivity index (χ1) is 8.00. The van der Waals surface area contributed by atoms with Crippen LogP contribution < -0.4 is 0 Å². The number of carboxylic acid groups (broad SMARTS) is 1. The molecule has 7 heteroatoms. The van der Waals surface area contributed by atoms with Crippen molar-refractivity contribution >= 4 is 17.3 Å². The molecule has 0 aromatic carbocycles. The lowest BCUT2D eigenvalue weighted by atomic mass is 10.2.